The first-order valence-electron chi connectivity index (χ1n) is 4.26. The lowest BCUT2D eigenvalue weighted by Gasteiger charge is -2.20. The molecule has 1 atom stereocenters. The van der Waals surface area contributed by atoms with Crippen LogP contribution < -0.4 is 0 Å². The molecule has 0 radical (unpaired) electrons. The van der Waals surface area contributed by atoms with E-state index in [2.05, 4.69) is 0 Å². The predicted octanol–water partition coefficient (Wildman–Crippen LogP) is 0.893. The van der Waals surface area contributed by atoms with Crippen LogP contribution in [0, 0.1) is 0 Å². The van der Waals surface area contributed by atoms with E-state index in [1.165, 1.54) is 4.90 Å². The Morgan fingerprint density at radius 1 is 1.50 bits per heavy atom. The van der Waals surface area contributed by atoms with E-state index < -0.39 is 6.23 Å². The summed E-state index contributed by atoms with van der Waals surface area (Å²) in [5, 5.41) is 9.58. The fourth-order valence-electron chi connectivity index (χ4n) is 1.39. The summed E-state index contributed by atoms with van der Waals surface area (Å²) >= 11 is 0. The van der Waals surface area contributed by atoms with E-state index in [-0.39, 0.29) is 5.91 Å². The number of carbonyl (C=O) groups excluding carboxylic acids is 1. The maximum atomic E-state index is 11.4. The number of nitrogens with zero attached hydrogens (tertiary/aromatic N) is 1. The molecule has 1 rings (SSSR count). The minimum absolute atomic E-state index is 0.0261. The number of carbonyl (C=O) groups is 1. The monoisotopic (exact) mass is 169 g/mol. The Hall–Kier alpha value is -0.830. The fourth-order valence-corrected chi connectivity index (χ4v) is 1.39. The molecule has 1 heterocycles. The number of hydrogen-bond donors (Lipinski definition) is 1. The molecule has 0 fully saturated rings. The average molecular weight is 169 g/mol. The summed E-state index contributed by atoms with van der Waals surface area (Å²) in [6.07, 6.45) is 0.195. The van der Waals surface area contributed by atoms with E-state index in [4.69, 9.17) is 0 Å². The van der Waals surface area contributed by atoms with Crippen molar-refractivity contribution >= 4 is 5.91 Å². The summed E-state index contributed by atoms with van der Waals surface area (Å²) < 4.78 is 0. The van der Waals surface area contributed by atoms with Crippen molar-refractivity contribution in [2.24, 2.45) is 0 Å². The van der Waals surface area contributed by atoms with Gasteiger partial charge < -0.3 is 10.0 Å². The molecule has 0 aromatic carbocycles. The van der Waals surface area contributed by atoms with E-state index in [9.17, 15) is 9.90 Å². The highest BCUT2D eigenvalue weighted by Crippen LogP contribution is 2.23. The van der Waals surface area contributed by atoms with Crippen LogP contribution in [0.5, 0.6) is 0 Å². The lowest BCUT2D eigenvalue weighted by atomic mass is 10.2. The Morgan fingerprint density at radius 3 is 2.42 bits per heavy atom. The SMILES string of the molecule is CCCN1C(=O)C(C)=C(C)[C@H]1O. The summed E-state index contributed by atoms with van der Waals surface area (Å²) in [6, 6.07) is 0. The molecule has 1 aliphatic rings. The van der Waals surface area contributed by atoms with Crippen LogP contribution in [0.3, 0.4) is 0 Å². The summed E-state index contributed by atoms with van der Waals surface area (Å²) in [6.45, 7) is 6.18. The molecule has 0 aliphatic carbocycles. The fraction of sp³-hybridized carbons (Fsp3) is 0.667. The van der Waals surface area contributed by atoms with Gasteiger partial charge in [0.05, 0.1) is 0 Å². The Bertz CT molecular complexity index is 233. The van der Waals surface area contributed by atoms with Crippen molar-refractivity contribution in [1.82, 2.24) is 4.90 Å². The van der Waals surface area contributed by atoms with Crippen LogP contribution in [0.25, 0.3) is 0 Å². The minimum Gasteiger partial charge on any atom is -0.369 e. The summed E-state index contributed by atoms with van der Waals surface area (Å²) in [4.78, 5) is 12.9. The van der Waals surface area contributed by atoms with Crippen molar-refractivity contribution in [2.75, 3.05) is 6.54 Å². The van der Waals surface area contributed by atoms with E-state index >= 15 is 0 Å². The largest absolute Gasteiger partial charge is 0.369 e. The average Bonchev–Trinajstić information content (AvgIpc) is 2.23. The van der Waals surface area contributed by atoms with Gasteiger partial charge in [0.15, 0.2) is 6.23 Å². The molecule has 1 aliphatic heterocycles. The van der Waals surface area contributed by atoms with Crippen LogP contribution in [-0.4, -0.2) is 28.7 Å². The second kappa shape index (κ2) is 3.27. The molecule has 0 bridgehead atoms. The molecule has 0 saturated heterocycles. The number of amides is 1. The van der Waals surface area contributed by atoms with Crippen LogP contribution >= 0.6 is 0 Å². The first-order valence-corrected chi connectivity index (χ1v) is 4.26. The third-order valence-corrected chi connectivity index (χ3v) is 2.32. The van der Waals surface area contributed by atoms with Crippen LogP contribution in [0.15, 0.2) is 11.1 Å². The molecule has 68 valence electrons. The quantitative estimate of drug-likeness (QED) is 0.667. The van der Waals surface area contributed by atoms with Gasteiger partial charge >= 0.3 is 0 Å². The molecule has 12 heavy (non-hydrogen) atoms. The van der Waals surface area contributed by atoms with E-state index in [0.717, 1.165) is 12.0 Å². The predicted molar refractivity (Wildman–Crippen MR) is 46.4 cm³/mol. The van der Waals surface area contributed by atoms with Gasteiger partial charge in [-0.2, -0.15) is 0 Å². The highest BCUT2D eigenvalue weighted by molar-refractivity contribution is 5.96. The topological polar surface area (TPSA) is 40.5 Å². The smallest absolute Gasteiger partial charge is 0.251 e. The van der Waals surface area contributed by atoms with Crippen LogP contribution in [-0.2, 0) is 4.79 Å². The summed E-state index contributed by atoms with van der Waals surface area (Å²) in [5.41, 5.74) is 1.48. The van der Waals surface area contributed by atoms with Gasteiger partial charge in [0.25, 0.3) is 5.91 Å². The molecule has 1 amide bonds. The van der Waals surface area contributed by atoms with Crippen LogP contribution in [0.2, 0.25) is 0 Å². The Morgan fingerprint density at radius 2 is 2.08 bits per heavy atom. The Labute approximate surface area is 72.7 Å². The van der Waals surface area contributed by atoms with Crippen LogP contribution in [0.4, 0.5) is 0 Å². The van der Waals surface area contributed by atoms with E-state index in [1.807, 2.05) is 6.92 Å². The second-order valence-corrected chi connectivity index (χ2v) is 3.18. The third-order valence-electron chi connectivity index (χ3n) is 2.32. The number of rotatable bonds is 2. The lowest BCUT2D eigenvalue weighted by Crippen LogP contribution is -2.35. The number of aliphatic hydroxyl groups is 1. The molecule has 3 heteroatoms. The zero-order valence-corrected chi connectivity index (χ0v) is 7.79. The van der Waals surface area contributed by atoms with E-state index in [0.29, 0.717) is 12.1 Å². The summed E-state index contributed by atoms with van der Waals surface area (Å²) in [5.74, 6) is -0.0261. The standard InChI is InChI=1S/C9H15NO2/c1-4-5-10-8(11)6(2)7(3)9(10)12/h8,11H,4-5H2,1-3H3/t8-/m1/s1. The van der Waals surface area contributed by atoms with Gasteiger partial charge in [-0.05, 0) is 25.8 Å². The molecule has 0 aromatic rings. The highest BCUT2D eigenvalue weighted by Gasteiger charge is 2.32. The number of aliphatic hydroxyl groups excluding tert-OH is 1. The maximum Gasteiger partial charge on any atom is 0.251 e. The molecule has 1 N–H and O–H groups in total. The normalized spacial score (nSPS) is 24.2. The van der Waals surface area contributed by atoms with Gasteiger partial charge in [-0.3, -0.25) is 4.79 Å². The van der Waals surface area contributed by atoms with Crippen molar-refractivity contribution < 1.29 is 9.90 Å². The van der Waals surface area contributed by atoms with Gasteiger partial charge in [0.1, 0.15) is 0 Å². The zero-order valence-electron chi connectivity index (χ0n) is 7.79. The first-order chi connectivity index (χ1) is 5.59. The lowest BCUT2D eigenvalue weighted by molar-refractivity contribution is -0.131. The van der Waals surface area contributed by atoms with Crippen molar-refractivity contribution in [1.29, 1.82) is 0 Å². The van der Waals surface area contributed by atoms with Crippen LogP contribution in [0.1, 0.15) is 27.2 Å². The van der Waals surface area contributed by atoms with Gasteiger partial charge in [0, 0.05) is 12.1 Å². The molecular formula is C9H15NO2. The molecule has 0 spiro atoms. The van der Waals surface area contributed by atoms with Gasteiger partial charge in [0.2, 0.25) is 0 Å². The Kier molecular flexibility index (Phi) is 2.52. The minimum atomic E-state index is -0.683. The Balaban J connectivity index is 2.80. The maximum absolute atomic E-state index is 11.4. The van der Waals surface area contributed by atoms with Crippen molar-refractivity contribution in [3.63, 3.8) is 0 Å². The third kappa shape index (κ3) is 1.25. The molecule has 3 nitrogen and oxygen atoms in total. The number of hydrogen-bond acceptors (Lipinski definition) is 2. The van der Waals surface area contributed by atoms with Crippen molar-refractivity contribution in [2.45, 2.75) is 33.4 Å². The first kappa shape index (κ1) is 9.26. The molecule has 0 aromatic heterocycles. The molecule has 0 saturated carbocycles. The van der Waals surface area contributed by atoms with E-state index in [1.54, 1.807) is 13.8 Å². The van der Waals surface area contributed by atoms with Gasteiger partial charge in [-0.15, -0.1) is 0 Å². The highest BCUT2D eigenvalue weighted by atomic mass is 16.3. The van der Waals surface area contributed by atoms with Crippen molar-refractivity contribution in [3.05, 3.63) is 11.1 Å². The van der Waals surface area contributed by atoms with Gasteiger partial charge in [-0.25, -0.2) is 0 Å². The van der Waals surface area contributed by atoms with Gasteiger partial charge in [-0.1, -0.05) is 6.92 Å². The second-order valence-electron chi connectivity index (χ2n) is 3.18. The zero-order chi connectivity index (χ0) is 9.30. The molecule has 0 unspecified atom stereocenters. The molecular weight excluding hydrogens is 154 g/mol. The van der Waals surface area contributed by atoms with Crippen molar-refractivity contribution in [3.8, 4) is 0 Å². The summed E-state index contributed by atoms with van der Waals surface area (Å²) in [7, 11) is 0.